The van der Waals surface area contributed by atoms with E-state index in [-0.39, 0.29) is 5.75 Å². The summed E-state index contributed by atoms with van der Waals surface area (Å²) in [6.45, 7) is 1.74. The molecule has 2 aromatic rings. The number of pyridine rings is 1. The summed E-state index contributed by atoms with van der Waals surface area (Å²) in [4.78, 5) is 0. The van der Waals surface area contributed by atoms with Crippen LogP contribution in [-0.4, -0.2) is 34.6 Å². The molecule has 0 radical (unpaired) electrons. The van der Waals surface area contributed by atoms with Crippen LogP contribution in [-0.2, 0) is 10.0 Å². The van der Waals surface area contributed by atoms with E-state index in [4.69, 9.17) is 11.6 Å². The van der Waals surface area contributed by atoms with Gasteiger partial charge in [-0.25, -0.2) is 13.1 Å². The van der Waals surface area contributed by atoms with Gasteiger partial charge in [-0.15, -0.1) is 21.8 Å². The third-order valence-corrected chi connectivity index (χ3v) is 4.44. The highest BCUT2D eigenvalue weighted by Gasteiger charge is 2.19. The third-order valence-electron chi connectivity index (χ3n) is 2.63. The largest absolute Gasteiger partial charge is 0.285 e. The first-order valence-electron chi connectivity index (χ1n) is 5.89. The van der Waals surface area contributed by atoms with Gasteiger partial charge < -0.3 is 0 Å². The van der Waals surface area contributed by atoms with Crippen molar-refractivity contribution in [1.82, 2.24) is 19.3 Å². The van der Waals surface area contributed by atoms with Crippen LogP contribution < -0.4 is 4.72 Å². The van der Waals surface area contributed by atoms with Gasteiger partial charge >= 0.3 is 0 Å². The zero-order chi connectivity index (χ0) is 13.9. The van der Waals surface area contributed by atoms with Crippen molar-refractivity contribution >= 4 is 27.3 Å². The molecule has 2 rings (SSSR count). The Morgan fingerprint density at radius 2 is 2.21 bits per heavy atom. The lowest BCUT2D eigenvalue weighted by atomic mass is 10.3. The van der Waals surface area contributed by atoms with Crippen molar-refractivity contribution < 1.29 is 8.42 Å². The van der Waals surface area contributed by atoms with E-state index in [1.54, 1.807) is 17.5 Å². The maximum atomic E-state index is 11.8. The van der Waals surface area contributed by atoms with Crippen molar-refractivity contribution in [3.05, 3.63) is 30.2 Å². The Labute approximate surface area is 116 Å². The second-order valence-electron chi connectivity index (χ2n) is 4.19. The number of hydrogen-bond donors (Lipinski definition) is 1. The molecule has 8 heteroatoms. The molecule has 1 unspecified atom stereocenters. The van der Waals surface area contributed by atoms with Crippen molar-refractivity contribution in [1.29, 1.82) is 0 Å². The molecular formula is C11H15ClN4O2S. The number of fused-ring (bicyclic) bond motifs is 1. The summed E-state index contributed by atoms with van der Waals surface area (Å²) in [5.41, 5.74) is 0.685. The van der Waals surface area contributed by atoms with Crippen LogP contribution >= 0.6 is 11.6 Å². The molecule has 2 aromatic heterocycles. The average Bonchev–Trinajstić information content (AvgIpc) is 2.80. The smallest absolute Gasteiger partial charge is 0.212 e. The minimum Gasteiger partial charge on any atom is -0.285 e. The maximum Gasteiger partial charge on any atom is 0.212 e. The predicted molar refractivity (Wildman–Crippen MR) is 73.7 cm³/mol. The summed E-state index contributed by atoms with van der Waals surface area (Å²) < 4.78 is 27.9. The van der Waals surface area contributed by atoms with Gasteiger partial charge in [-0.1, -0.05) is 6.07 Å². The second kappa shape index (κ2) is 5.85. The van der Waals surface area contributed by atoms with Crippen LogP contribution in [0.2, 0.25) is 0 Å². The number of halogens is 1. The van der Waals surface area contributed by atoms with Crippen LogP contribution in [0.5, 0.6) is 0 Å². The van der Waals surface area contributed by atoms with Crippen molar-refractivity contribution in [3.63, 3.8) is 0 Å². The fraction of sp³-hybridized carbons (Fsp3) is 0.455. The Balaban J connectivity index is 2.18. The van der Waals surface area contributed by atoms with E-state index < -0.39 is 16.1 Å². The topological polar surface area (TPSA) is 76.4 Å². The molecule has 0 bridgehead atoms. The van der Waals surface area contributed by atoms with Crippen molar-refractivity contribution in [2.75, 3.05) is 11.6 Å². The van der Waals surface area contributed by atoms with Crippen molar-refractivity contribution in [2.24, 2.45) is 0 Å². The van der Waals surface area contributed by atoms with Gasteiger partial charge in [0.1, 0.15) is 0 Å². The zero-order valence-electron chi connectivity index (χ0n) is 10.5. The van der Waals surface area contributed by atoms with E-state index in [0.717, 1.165) is 0 Å². The summed E-state index contributed by atoms with van der Waals surface area (Å²) in [5, 5.41) is 8.01. The normalized spacial score (nSPS) is 13.8. The number of nitrogens with zero attached hydrogens (tertiary/aromatic N) is 3. The fourth-order valence-electron chi connectivity index (χ4n) is 1.78. The molecule has 19 heavy (non-hydrogen) atoms. The molecule has 2 heterocycles. The van der Waals surface area contributed by atoms with E-state index in [2.05, 4.69) is 14.9 Å². The molecule has 0 saturated heterocycles. The Kier molecular flexibility index (Phi) is 4.38. The number of alkyl halides is 1. The molecule has 0 aliphatic carbocycles. The minimum absolute atomic E-state index is 0.0115. The second-order valence-corrected chi connectivity index (χ2v) is 6.44. The Bertz CT molecular complexity index is 656. The van der Waals surface area contributed by atoms with Crippen LogP contribution in [0.15, 0.2) is 24.4 Å². The van der Waals surface area contributed by atoms with Gasteiger partial charge in [0.05, 0.1) is 11.8 Å². The summed E-state index contributed by atoms with van der Waals surface area (Å²) >= 11 is 5.50. The molecule has 0 fully saturated rings. The number of nitrogens with one attached hydrogen (secondary N) is 1. The SMILES string of the molecule is CC(NS(=O)(=O)CCCCl)c1nnc2ccccn12. The van der Waals surface area contributed by atoms with Gasteiger partial charge in [0, 0.05) is 12.1 Å². The lowest BCUT2D eigenvalue weighted by molar-refractivity contribution is 0.557. The highest BCUT2D eigenvalue weighted by molar-refractivity contribution is 7.89. The first kappa shape index (κ1) is 14.2. The number of rotatable bonds is 6. The molecule has 0 aliphatic rings. The number of aromatic nitrogens is 3. The Morgan fingerprint density at radius 3 is 2.95 bits per heavy atom. The van der Waals surface area contributed by atoms with Crippen molar-refractivity contribution in [3.8, 4) is 0 Å². The average molecular weight is 303 g/mol. The molecule has 0 amide bonds. The van der Waals surface area contributed by atoms with E-state index >= 15 is 0 Å². The van der Waals surface area contributed by atoms with Gasteiger partial charge in [0.15, 0.2) is 11.5 Å². The van der Waals surface area contributed by atoms with Crippen LogP contribution in [0.3, 0.4) is 0 Å². The van der Waals surface area contributed by atoms with Crippen LogP contribution in [0.25, 0.3) is 5.65 Å². The maximum absolute atomic E-state index is 11.8. The fourth-order valence-corrected chi connectivity index (χ4v) is 3.36. The first-order chi connectivity index (χ1) is 9.03. The standard InChI is InChI=1S/C11H15ClN4O2S/c1-9(15-19(17,18)8-4-6-12)11-14-13-10-5-2-3-7-16(10)11/h2-3,5,7,9,15H,4,6,8H2,1H3. The monoisotopic (exact) mass is 302 g/mol. The van der Waals surface area contributed by atoms with E-state index in [1.165, 1.54) is 0 Å². The van der Waals surface area contributed by atoms with Gasteiger partial charge in [0.2, 0.25) is 10.0 Å². The van der Waals surface area contributed by atoms with Crippen molar-refractivity contribution in [2.45, 2.75) is 19.4 Å². The molecule has 0 saturated carbocycles. The Morgan fingerprint density at radius 1 is 1.42 bits per heavy atom. The molecule has 1 N–H and O–H groups in total. The van der Waals surface area contributed by atoms with Gasteiger partial charge in [0.25, 0.3) is 0 Å². The zero-order valence-corrected chi connectivity index (χ0v) is 12.0. The van der Waals surface area contributed by atoms with Gasteiger partial charge in [-0.05, 0) is 25.5 Å². The molecule has 0 aromatic carbocycles. The summed E-state index contributed by atoms with van der Waals surface area (Å²) in [6.07, 6.45) is 2.22. The Hall–Kier alpha value is -1.18. The quantitative estimate of drug-likeness (QED) is 0.817. The molecule has 6 nitrogen and oxygen atoms in total. The highest BCUT2D eigenvalue weighted by Crippen LogP contribution is 2.13. The molecule has 0 spiro atoms. The third kappa shape index (κ3) is 3.43. The van der Waals surface area contributed by atoms with E-state index in [9.17, 15) is 8.42 Å². The highest BCUT2D eigenvalue weighted by atomic mass is 35.5. The lowest BCUT2D eigenvalue weighted by Crippen LogP contribution is -2.30. The number of sulfonamides is 1. The van der Waals surface area contributed by atoms with Crippen LogP contribution in [0.4, 0.5) is 0 Å². The van der Waals surface area contributed by atoms with Gasteiger partial charge in [-0.3, -0.25) is 4.40 Å². The van der Waals surface area contributed by atoms with Crippen LogP contribution in [0, 0.1) is 0 Å². The predicted octanol–water partition coefficient (Wildman–Crippen LogP) is 1.34. The van der Waals surface area contributed by atoms with E-state index in [1.807, 2.05) is 18.2 Å². The number of hydrogen-bond acceptors (Lipinski definition) is 4. The summed E-state index contributed by atoms with van der Waals surface area (Å²) in [7, 11) is -3.35. The summed E-state index contributed by atoms with van der Waals surface area (Å²) in [6, 6.07) is 5.06. The molecule has 0 aliphatic heterocycles. The van der Waals surface area contributed by atoms with Crippen LogP contribution in [0.1, 0.15) is 25.2 Å². The molecule has 104 valence electrons. The van der Waals surface area contributed by atoms with Gasteiger partial charge in [-0.2, -0.15) is 0 Å². The molecular weight excluding hydrogens is 288 g/mol. The van der Waals surface area contributed by atoms with E-state index in [0.29, 0.717) is 23.8 Å². The molecule has 1 atom stereocenters. The summed E-state index contributed by atoms with van der Waals surface area (Å²) in [5.74, 6) is 0.894. The lowest BCUT2D eigenvalue weighted by Gasteiger charge is -2.12. The first-order valence-corrected chi connectivity index (χ1v) is 8.08. The minimum atomic E-state index is -3.35.